The van der Waals surface area contributed by atoms with Crippen molar-refractivity contribution in [3.8, 4) is 11.5 Å². The van der Waals surface area contributed by atoms with Crippen molar-refractivity contribution in [2.24, 2.45) is 5.92 Å². The monoisotopic (exact) mass is 1770 g/mol. The molecule has 2 bridgehead atoms. The summed E-state index contributed by atoms with van der Waals surface area (Å²) in [6, 6.07) is 3.86. The van der Waals surface area contributed by atoms with Gasteiger partial charge in [-0.15, -0.1) is 0 Å². The number of carbonyl (C=O) groups is 18. The van der Waals surface area contributed by atoms with Crippen LogP contribution in [0, 0.1) is 5.92 Å². The number of hydrogen-bond acceptors (Lipinski definition) is 24. The molecule has 3 fully saturated rings. The highest BCUT2D eigenvalue weighted by atomic mass is 16.5. The number of aromatic hydroxyl groups is 2. The fraction of sp³-hybridized carbons (Fsp3) is 0.488. The maximum atomic E-state index is 15.6. The van der Waals surface area contributed by atoms with Crippen molar-refractivity contribution in [2.45, 2.75) is 222 Å². The van der Waals surface area contributed by atoms with Gasteiger partial charge in [-0.05, 0) is 130 Å². The molecule has 0 radical (unpaired) electrons. The van der Waals surface area contributed by atoms with Crippen LogP contribution >= 0.6 is 0 Å². The number of esters is 2. The number of phenols is 2. The van der Waals surface area contributed by atoms with Crippen LogP contribution < -0.4 is 69.1 Å². The van der Waals surface area contributed by atoms with Gasteiger partial charge in [0.05, 0.1) is 32.8 Å². The molecule has 0 aliphatic carbocycles. The second kappa shape index (κ2) is 47.5. The normalized spacial score (nSPS) is 23.1. The third kappa shape index (κ3) is 29.8. The number of carboxylic acids is 1. The van der Waals surface area contributed by atoms with Crippen LogP contribution in [-0.4, -0.2) is 278 Å². The smallest absolute Gasteiger partial charge is 0.326 e. The molecule has 0 saturated carbocycles. The summed E-state index contributed by atoms with van der Waals surface area (Å²) in [5, 5.41) is 86.2. The number of fused-ring (bicyclic) bond motifs is 13. The lowest BCUT2D eigenvalue weighted by Crippen LogP contribution is -2.63. The van der Waals surface area contributed by atoms with Gasteiger partial charge in [-0.25, -0.2) is 4.79 Å². The van der Waals surface area contributed by atoms with E-state index in [-0.39, 0.29) is 88.1 Å². The zero-order valence-corrected chi connectivity index (χ0v) is 71.4. The molecule has 0 unspecified atom stereocenters. The van der Waals surface area contributed by atoms with Crippen molar-refractivity contribution in [1.82, 2.24) is 83.9 Å². The van der Waals surface area contributed by atoms with E-state index < -0.39 is 255 Å². The van der Waals surface area contributed by atoms with Gasteiger partial charge in [0.2, 0.25) is 88.6 Å². The molecule has 4 heterocycles. The van der Waals surface area contributed by atoms with E-state index in [4.69, 9.17) is 9.47 Å². The van der Waals surface area contributed by atoms with E-state index in [2.05, 4.69) is 74.1 Å². The Hall–Kier alpha value is -13.6. The van der Waals surface area contributed by atoms with Crippen molar-refractivity contribution in [1.29, 1.82) is 0 Å². The highest BCUT2D eigenvalue weighted by molar-refractivity contribution is 6.02. The maximum absolute atomic E-state index is 15.6. The van der Waals surface area contributed by atoms with Crippen LogP contribution in [0.2, 0.25) is 0 Å². The molecule has 4 aromatic carbocycles. The van der Waals surface area contributed by atoms with E-state index in [9.17, 15) is 63.9 Å². The summed E-state index contributed by atoms with van der Waals surface area (Å²) in [5.41, 5.74) is 2.00. The summed E-state index contributed by atoms with van der Waals surface area (Å²) >= 11 is 0. The molecule has 127 heavy (non-hydrogen) atoms. The number of likely N-dealkylation sites (N-methyl/N-ethyl adjacent to an activating group) is 1. The standard InChI is InChI=1S/C86H112N16O25/c1-45(2)36-60-78(116)91-57-20-13-14-34-87-68(108)32-30-58(77(115)98-65(86(124)125)39-51-24-28-55(107)29-25-51)92-76(114)59(31-33-70(110)126-7)93-79(117)62(41-53-40-52-18-11-12-19-56(52)90-53)94-80(118)63(95-81(119)67(44-103)101(6)85(123)66-21-15-35-102(66)84(122)64(97-75(57)113)38-50-22-26-54(106)27-23-50)42-71(111)127-47(4)73(83(121)96-60)100-82(120)72(46(3)104)99-69(109)43-88-74(112)61(89-48(5)105)37-49-16-9-8-10-17-49/h8-12,16-19,22-29,40,45-47,57-67,72-73,90,103-104,106-107H,13-15,20-21,30-39,41-44H2,1-7H3,(H,87,108)(H,88,112)(H,89,105)(H,91,116)(H,92,114)(H,93,117)(H,94,118)(H,95,119)(H,96,121)(H,97,113)(H,98,115)(H,99,109)(H,100,120)(H,124,125)/t46-,47-,57+,58+,59+,60+,61+,62+,63+,64+,65+,66+,67+,72+,73-/m1/s1. The number of aromatic nitrogens is 1. The number of aromatic amines is 1. The molecular weight excluding hydrogens is 1660 g/mol. The fourth-order valence-corrected chi connectivity index (χ4v) is 14.7. The van der Waals surface area contributed by atoms with Gasteiger partial charge in [0.15, 0.2) is 0 Å². The Kier molecular flexibility index (Phi) is 36.9. The number of aliphatic hydroxyl groups is 2. The van der Waals surface area contributed by atoms with Gasteiger partial charge in [0.1, 0.15) is 96.1 Å². The number of nitrogens with one attached hydrogen (secondary N) is 14. The maximum Gasteiger partial charge on any atom is 0.326 e. The minimum absolute atomic E-state index is 0.0119. The SMILES string of the molecule is COC(=O)CC[C@@H]1NC(=O)[C@H](Cc2cc3ccccc3[nH]2)NC(=O)[C@@H]2CC(=O)O[C@H](C)[C@@H](NC(=O)[C@@H](NC(=O)CNC(=O)[C@H](Cc3ccccc3)NC(C)=O)[C@@H](C)O)C(=O)N[C@@H](CC(C)C)C(=O)N[C@@H](CCCCNC(=O)CC[C@@H](C(=O)N[C@@H](Cc3ccc(O)cc3)C(=O)O)NC1=O)C(=O)N[C@@H](Cc1ccc(O)cc1)C(=O)N1CCC[C@H]1C(=O)N(C)[C@@H](CO)C(=O)N2. The van der Waals surface area contributed by atoms with Crippen molar-refractivity contribution in [2.75, 3.05) is 40.4 Å². The predicted molar refractivity (Wildman–Crippen MR) is 450 cm³/mol. The van der Waals surface area contributed by atoms with Crippen LogP contribution in [0.15, 0.2) is 109 Å². The summed E-state index contributed by atoms with van der Waals surface area (Å²) in [5.74, 6) is -21.4. The number of para-hydroxylation sites is 1. The molecule has 1 aromatic heterocycles. The quantitative estimate of drug-likeness (QED) is 0.0259. The highest BCUT2D eigenvalue weighted by Gasteiger charge is 2.45. The summed E-state index contributed by atoms with van der Waals surface area (Å²) in [7, 11) is 2.10. The number of benzene rings is 4. The molecule has 0 spiro atoms. The molecule has 41 nitrogen and oxygen atoms in total. The molecule has 5 aromatic rings. The first-order valence-corrected chi connectivity index (χ1v) is 41.7. The Labute approximate surface area is 730 Å². The van der Waals surface area contributed by atoms with Crippen LogP contribution in [0.5, 0.6) is 11.5 Å². The van der Waals surface area contributed by atoms with Crippen molar-refractivity contribution in [3.05, 3.63) is 132 Å². The van der Waals surface area contributed by atoms with Gasteiger partial charge in [-0.3, -0.25) is 81.5 Å². The van der Waals surface area contributed by atoms with Crippen molar-refractivity contribution < 1.29 is 121 Å². The van der Waals surface area contributed by atoms with Gasteiger partial charge in [-0.2, -0.15) is 0 Å². The Bertz CT molecular complexity index is 4750. The lowest BCUT2D eigenvalue weighted by molar-refractivity contribution is -0.155. The molecule has 15 atom stereocenters. The van der Waals surface area contributed by atoms with E-state index in [0.29, 0.717) is 27.6 Å². The molecule has 686 valence electrons. The first-order chi connectivity index (χ1) is 60.4. The molecule has 3 aliphatic rings. The van der Waals surface area contributed by atoms with Crippen LogP contribution in [-0.2, 0) is 121 Å². The second-order valence-electron chi connectivity index (χ2n) is 32.0. The number of hydrogen-bond donors (Lipinski definition) is 19. The van der Waals surface area contributed by atoms with Gasteiger partial charge in [0, 0.05) is 76.8 Å². The lowest BCUT2D eigenvalue weighted by atomic mass is 10.00. The van der Waals surface area contributed by atoms with Crippen LogP contribution in [0.3, 0.4) is 0 Å². The summed E-state index contributed by atoms with van der Waals surface area (Å²) in [6.07, 6.45) is -9.56. The molecule has 15 amide bonds. The molecule has 41 heteroatoms. The first-order valence-electron chi connectivity index (χ1n) is 41.7. The topological polar surface area (TPSA) is 606 Å². The second-order valence-corrected chi connectivity index (χ2v) is 32.0. The van der Waals surface area contributed by atoms with Gasteiger partial charge >= 0.3 is 17.9 Å². The number of aliphatic carboxylic acids is 1. The summed E-state index contributed by atoms with van der Waals surface area (Å²) < 4.78 is 10.8. The zero-order chi connectivity index (χ0) is 92.9. The lowest BCUT2D eigenvalue weighted by Gasteiger charge is -2.34. The van der Waals surface area contributed by atoms with Crippen LogP contribution in [0.1, 0.15) is 128 Å². The molecule has 3 aliphatic heterocycles. The Balaban J connectivity index is 1.27. The zero-order valence-electron chi connectivity index (χ0n) is 71.4. The fourth-order valence-electron chi connectivity index (χ4n) is 14.7. The average molecular weight is 1770 g/mol. The van der Waals surface area contributed by atoms with E-state index in [1.54, 1.807) is 74.5 Å². The van der Waals surface area contributed by atoms with E-state index in [0.717, 1.165) is 37.8 Å². The van der Waals surface area contributed by atoms with Gasteiger partial charge < -0.3 is 119 Å². The number of amides is 15. The molecular formula is C86H112N16O25. The number of H-pyrrole nitrogens is 1. The van der Waals surface area contributed by atoms with Crippen LogP contribution in [0.25, 0.3) is 10.9 Å². The van der Waals surface area contributed by atoms with Crippen molar-refractivity contribution in [3.63, 3.8) is 0 Å². The number of ether oxygens (including phenoxy) is 2. The minimum Gasteiger partial charge on any atom is -0.508 e. The Morgan fingerprint density at radius 2 is 1.22 bits per heavy atom. The number of carbonyl (C=O) groups excluding carboxylic acids is 17. The Morgan fingerprint density at radius 3 is 1.87 bits per heavy atom. The van der Waals surface area contributed by atoms with Gasteiger partial charge in [0.25, 0.3) is 0 Å². The number of nitrogens with zero attached hydrogens (tertiary/aromatic N) is 2. The number of phenolic OH excluding ortho intramolecular Hbond substituents is 2. The van der Waals surface area contributed by atoms with E-state index in [1.165, 1.54) is 55.5 Å². The number of aliphatic hydroxyl groups excluding tert-OH is 2. The Morgan fingerprint density at radius 1 is 0.614 bits per heavy atom. The number of rotatable bonds is 25. The summed E-state index contributed by atoms with van der Waals surface area (Å²) in [4.78, 5) is 267. The number of methoxy groups -OCH3 is 1. The predicted octanol–water partition coefficient (Wildman–Crippen LogP) is -2.99. The minimum atomic E-state index is -2.33. The largest absolute Gasteiger partial charge is 0.508 e. The third-order valence-corrected chi connectivity index (χ3v) is 21.6. The molecule has 19 N–H and O–H groups in total. The summed E-state index contributed by atoms with van der Waals surface area (Å²) in [6.45, 7) is 4.11. The molecule has 3 saturated heterocycles. The number of carboxylic acid groups (broad SMARTS) is 1. The first kappa shape index (κ1) is 98.8. The molecule has 8 rings (SSSR count). The van der Waals surface area contributed by atoms with Gasteiger partial charge in [-0.1, -0.05) is 86.6 Å². The van der Waals surface area contributed by atoms with E-state index in [1.807, 2.05) is 0 Å². The van der Waals surface area contributed by atoms with Crippen molar-refractivity contribution >= 4 is 117 Å². The highest BCUT2D eigenvalue weighted by Crippen LogP contribution is 2.25. The third-order valence-electron chi connectivity index (χ3n) is 21.6. The van der Waals surface area contributed by atoms with Crippen LogP contribution in [0.4, 0.5) is 0 Å². The van der Waals surface area contributed by atoms with E-state index >= 15 is 47.9 Å². The average Bonchev–Trinajstić information content (AvgIpc) is 1.71.